The summed E-state index contributed by atoms with van der Waals surface area (Å²) in [6, 6.07) is 0. The predicted molar refractivity (Wildman–Crippen MR) is 86.8 cm³/mol. The Hall–Kier alpha value is -1.39. The first-order valence-corrected chi connectivity index (χ1v) is 8.77. The number of ether oxygens (including phenoxy) is 1. The molecule has 2 atom stereocenters. The van der Waals surface area contributed by atoms with Crippen LogP contribution in [0.4, 0.5) is 4.79 Å². The molecule has 1 aliphatic carbocycles. The second-order valence-corrected chi connectivity index (χ2v) is 8.06. The van der Waals surface area contributed by atoms with Gasteiger partial charge in [0.15, 0.2) is 0 Å². The molecule has 1 heterocycles. The fourth-order valence-corrected chi connectivity index (χ4v) is 3.56. The summed E-state index contributed by atoms with van der Waals surface area (Å²) in [6.45, 7) is 7.63. The number of carbonyl (C=O) groups is 3. The van der Waals surface area contributed by atoms with Gasteiger partial charge in [0.25, 0.3) is 0 Å². The lowest BCUT2D eigenvalue weighted by atomic mass is 9.77. The molecule has 0 N–H and O–H groups in total. The fourth-order valence-electron chi connectivity index (χ4n) is 3.56. The van der Waals surface area contributed by atoms with Crippen molar-refractivity contribution in [1.29, 1.82) is 0 Å². The van der Waals surface area contributed by atoms with Crippen LogP contribution in [0.5, 0.6) is 0 Å². The number of nitrogens with zero attached hydrogens (tertiary/aromatic N) is 1. The van der Waals surface area contributed by atoms with Crippen LogP contribution in [0.2, 0.25) is 0 Å². The van der Waals surface area contributed by atoms with Gasteiger partial charge in [-0.25, -0.2) is 9.69 Å². The number of likely N-dealkylation sites (tertiary alicyclic amines) is 1. The molecule has 0 spiro atoms. The Morgan fingerprint density at radius 1 is 1.13 bits per heavy atom. The largest absolute Gasteiger partial charge is 0.443 e. The minimum atomic E-state index is -0.672. The van der Waals surface area contributed by atoms with Crippen molar-refractivity contribution >= 4 is 17.8 Å². The quantitative estimate of drug-likeness (QED) is 0.729. The van der Waals surface area contributed by atoms with Crippen LogP contribution in [0.15, 0.2) is 0 Å². The Balaban J connectivity index is 2.10. The van der Waals surface area contributed by atoms with Crippen LogP contribution in [0.3, 0.4) is 0 Å². The third kappa shape index (κ3) is 4.55. The molecule has 0 aromatic rings. The molecule has 2 rings (SSSR count). The van der Waals surface area contributed by atoms with Gasteiger partial charge in [0.1, 0.15) is 11.4 Å². The number of rotatable bonds is 2. The summed E-state index contributed by atoms with van der Waals surface area (Å²) in [5, 5.41) is 0. The molecule has 1 aliphatic heterocycles. The van der Waals surface area contributed by atoms with Crippen LogP contribution in [0.25, 0.3) is 0 Å². The molecule has 0 bridgehead atoms. The van der Waals surface area contributed by atoms with E-state index in [0.717, 1.165) is 30.6 Å². The Morgan fingerprint density at radius 3 is 2.30 bits per heavy atom. The fraction of sp³-hybridized carbons (Fsp3) is 0.833. The average molecular weight is 323 g/mol. The number of amides is 2. The molecule has 5 heteroatoms. The number of hydrogen-bond acceptors (Lipinski definition) is 4. The molecule has 2 fully saturated rings. The van der Waals surface area contributed by atoms with Crippen molar-refractivity contribution in [3.63, 3.8) is 0 Å². The lowest BCUT2D eigenvalue weighted by Crippen LogP contribution is -2.52. The van der Waals surface area contributed by atoms with Crippen molar-refractivity contribution in [2.24, 2.45) is 17.8 Å². The molecule has 130 valence electrons. The molecule has 23 heavy (non-hydrogen) atoms. The van der Waals surface area contributed by atoms with Gasteiger partial charge >= 0.3 is 6.09 Å². The lowest BCUT2D eigenvalue weighted by Gasteiger charge is -2.36. The number of Topliss-reactive ketones (excluding diaryl/α,β-unsaturated/α-hetero) is 1. The highest BCUT2D eigenvalue weighted by Gasteiger charge is 2.43. The zero-order valence-corrected chi connectivity index (χ0v) is 14.8. The normalized spacial score (nSPS) is 27.0. The van der Waals surface area contributed by atoms with Crippen molar-refractivity contribution in [3.05, 3.63) is 0 Å². The first-order chi connectivity index (χ1) is 10.7. The van der Waals surface area contributed by atoms with Crippen molar-refractivity contribution in [1.82, 2.24) is 4.90 Å². The van der Waals surface area contributed by atoms with Gasteiger partial charge in [-0.05, 0) is 46.0 Å². The first-order valence-electron chi connectivity index (χ1n) is 8.77. The number of imide groups is 1. The van der Waals surface area contributed by atoms with Crippen LogP contribution < -0.4 is 0 Å². The molecule has 2 unspecified atom stereocenters. The summed E-state index contributed by atoms with van der Waals surface area (Å²) in [4.78, 5) is 38.9. The topological polar surface area (TPSA) is 63.7 Å². The van der Waals surface area contributed by atoms with E-state index in [4.69, 9.17) is 4.74 Å². The van der Waals surface area contributed by atoms with Gasteiger partial charge in [0, 0.05) is 12.5 Å². The van der Waals surface area contributed by atoms with Gasteiger partial charge in [-0.15, -0.1) is 0 Å². The lowest BCUT2D eigenvalue weighted by molar-refractivity contribution is -0.146. The van der Waals surface area contributed by atoms with Crippen molar-refractivity contribution in [3.8, 4) is 0 Å². The second-order valence-electron chi connectivity index (χ2n) is 8.06. The minimum absolute atomic E-state index is 0.0107. The Morgan fingerprint density at radius 2 is 1.74 bits per heavy atom. The molecule has 0 aromatic heterocycles. The van der Waals surface area contributed by atoms with E-state index < -0.39 is 17.6 Å². The van der Waals surface area contributed by atoms with E-state index in [1.165, 1.54) is 6.42 Å². The van der Waals surface area contributed by atoms with E-state index in [2.05, 4.69) is 0 Å². The number of carbonyl (C=O) groups excluding carboxylic acids is 3. The zero-order chi connectivity index (χ0) is 17.2. The van der Waals surface area contributed by atoms with Gasteiger partial charge in [-0.3, -0.25) is 9.59 Å². The van der Waals surface area contributed by atoms with Gasteiger partial charge in [0.05, 0.1) is 5.92 Å². The van der Waals surface area contributed by atoms with Crippen LogP contribution in [0.1, 0.15) is 66.2 Å². The van der Waals surface area contributed by atoms with E-state index >= 15 is 0 Å². The number of piperidine rings is 1. The zero-order valence-electron chi connectivity index (χ0n) is 14.8. The Kier molecular flexibility index (Phi) is 5.48. The summed E-state index contributed by atoms with van der Waals surface area (Å²) < 4.78 is 5.32. The van der Waals surface area contributed by atoms with Crippen LogP contribution in [-0.4, -0.2) is 34.8 Å². The van der Waals surface area contributed by atoms with Crippen LogP contribution >= 0.6 is 0 Å². The number of ketones is 1. The highest BCUT2D eigenvalue weighted by molar-refractivity contribution is 6.07. The Bertz CT molecular complexity index is 474. The van der Waals surface area contributed by atoms with Gasteiger partial charge in [-0.2, -0.15) is 0 Å². The standard InChI is InChI=1S/C18H29NO4/c1-12-10-14(15(20)13-8-6-5-7-9-13)16(21)19(11-12)17(22)23-18(2,3)4/h12-14H,5-11H2,1-4H3. The van der Waals surface area contributed by atoms with Gasteiger partial charge in [0.2, 0.25) is 5.91 Å². The van der Waals surface area contributed by atoms with E-state index in [1.807, 2.05) is 6.92 Å². The second kappa shape index (κ2) is 7.02. The van der Waals surface area contributed by atoms with E-state index in [9.17, 15) is 14.4 Å². The van der Waals surface area contributed by atoms with E-state index in [-0.39, 0.29) is 23.5 Å². The minimum Gasteiger partial charge on any atom is -0.443 e. The third-order valence-electron chi connectivity index (χ3n) is 4.66. The summed E-state index contributed by atoms with van der Waals surface area (Å²) in [6.07, 6.45) is 4.96. The maximum Gasteiger partial charge on any atom is 0.417 e. The molecular weight excluding hydrogens is 294 g/mol. The monoisotopic (exact) mass is 323 g/mol. The smallest absolute Gasteiger partial charge is 0.417 e. The van der Waals surface area contributed by atoms with E-state index in [0.29, 0.717) is 13.0 Å². The summed E-state index contributed by atoms with van der Waals surface area (Å²) in [5.41, 5.74) is -0.652. The SMILES string of the molecule is CC1CC(C(=O)C2CCCCC2)C(=O)N(C(=O)OC(C)(C)C)C1. The van der Waals surface area contributed by atoms with Crippen molar-refractivity contribution in [2.75, 3.05) is 6.54 Å². The van der Waals surface area contributed by atoms with E-state index in [1.54, 1.807) is 20.8 Å². The summed E-state index contributed by atoms with van der Waals surface area (Å²) >= 11 is 0. The van der Waals surface area contributed by atoms with Gasteiger partial charge in [-0.1, -0.05) is 26.2 Å². The van der Waals surface area contributed by atoms with Crippen molar-refractivity contribution < 1.29 is 19.1 Å². The molecule has 0 radical (unpaired) electrons. The van der Waals surface area contributed by atoms with Crippen LogP contribution in [-0.2, 0) is 14.3 Å². The molecule has 2 amide bonds. The average Bonchev–Trinajstić information content (AvgIpc) is 2.47. The highest BCUT2D eigenvalue weighted by atomic mass is 16.6. The maximum atomic E-state index is 12.8. The predicted octanol–water partition coefficient (Wildman–Crippen LogP) is 3.56. The van der Waals surface area contributed by atoms with Crippen molar-refractivity contribution in [2.45, 2.75) is 71.8 Å². The molecule has 1 saturated carbocycles. The van der Waals surface area contributed by atoms with Gasteiger partial charge < -0.3 is 4.74 Å². The highest BCUT2D eigenvalue weighted by Crippen LogP contribution is 2.32. The summed E-state index contributed by atoms with van der Waals surface area (Å²) in [5.74, 6) is -0.890. The molecule has 1 saturated heterocycles. The number of hydrogen-bond donors (Lipinski definition) is 0. The maximum absolute atomic E-state index is 12.8. The summed E-state index contributed by atoms with van der Waals surface area (Å²) in [7, 11) is 0. The molecule has 2 aliphatic rings. The van der Waals surface area contributed by atoms with Crippen LogP contribution in [0, 0.1) is 17.8 Å². The first kappa shape index (κ1) is 18.0. The Labute approximate surface area is 138 Å². The molecule has 0 aromatic carbocycles. The molecule has 5 nitrogen and oxygen atoms in total. The molecular formula is C18H29NO4. The third-order valence-corrected chi connectivity index (χ3v) is 4.66.